The number of carboxylic acids is 1. The second kappa shape index (κ2) is 18.2. The maximum atomic E-state index is 11.6. The average molecular weight is 390 g/mol. The number of carbonyl (C=O) groups is 2. The quantitative estimate of drug-likeness (QED) is 0.262. The number of amides is 1. The summed E-state index contributed by atoms with van der Waals surface area (Å²) < 4.78 is 0.252. The van der Waals surface area contributed by atoms with E-state index in [0.29, 0.717) is 6.42 Å². The first-order chi connectivity index (χ1) is 12.1. The molecular weight excluding hydrogens is 354 g/mol. The largest absolute Gasteiger partial charge is 0.481 e. The van der Waals surface area contributed by atoms with Crippen molar-refractivity contribution in [2.24, 2.45) is 0 Å². The minimum absolute atomic E-state index is 0.106. The molecule has 0 aromatic heterocycles. The van der Waals surface area contributed by atoms with Gasteiger partial charge in [-0.25, -0.2) is 0 Å². The van der Waals surface area contributed by atoms with Crippen LogP contribution < -0.4 is 5.32 Å². The van der Waals surface area contributed by atoms with Gasteiger partial charge in [0.15, 0.2) is 0 Å². The summed E-state index contributed by atoms with van der Waals surface area (Å²) in [6, 6.07) is 0. The Balaban J connectivity index is 3.28. The van der Waals surface area contributed by atoms with Gasteiger partial charge in [-0.1, -0.05) is 108 Å². The van der Waals surface area contributed by atoms with Crippen LogP contribution >= 0.6 is 24.0 Å². The van der Waals surface area contributed by atoms with Crippen molar-refractivity contribution in [1.82, 2.24) is 5.32 Å². The Morgan fingerprint density at radius 2 is 1.28 bits per heavy atom. The maximum absolute atomic E-state index is 11.6. The second-order valence-corrected chi connectivity index (χ2v) is 8.16. The number of hydrogen-bond acceptors (Lipinski definition) is 4. The van der Waals surface area contributed by atoms with Crippen LogP contribution in [0.4, 0.5) is 0 Å². The van der Waals surface area contributed by atoms with Gasteiger partial charge in [-0.2, -0.15) is 0 Å². The molecule has 0 radical (unpaired) electrons. The molecule has 0 aliphatic carbocycles. The minimum Gasteiger partial charge on any atom is -0.481 e. The first-order valence-electron chi connectivity index (χ1n) is 9.74. The van der Waals surface area contributed by atoms with Gasteiger partial charge in [0.05, 0.1) is 5.75 Å². The molecule has 0 aromatic rings. The van der Waals surface area contributed by atoms with Crippen LogP contribution in [0.2, 0.25) is 0 Å². The number of carboxylic acid groups (broad SMARTS) is 1. The van der Waals surface area contributed by atoms with Gasteiger partial charge < -0.3 is 10.4 Å². The zero-order valence-corrected chi connectivity index (χ0v) is 17.3. The summed E-state index contributed by atoms with van der Waals surface area (Å²) in [7, 11) is 0. The highest BCUT2D eigenvalue weighted by Gasteiger charge is 2.06. The van der Waals surface area contributed by atoms with Crippen LogP contribution in [0, 0.1) is 0 Å². The van der Waals surface area contributed by atoms with Gasteiger partial charge in [0.2, 0.25) is 5.91 Å². The average Bonchev–Trinajstić information content (AvgIpc) is 2.57. The minimum atomic E-state index is -0.932. The summed E-state index contributed by atoms with van der Waals surface area (Å²) in [5, 5.41) is 11.1. The lowest BCUT2D eigenvalue weighted by atomic mass is 10.0. The van der Waals surface area contributed by atoms with E-state index in [2.05, 4.69) is 12.2 Å². The van der Waals surface area contributed by atoms with Crippen molar-refractivity contribution in [2.75, 3.05) is 5.75 Å². The van der Waals surface area contributed by atoms with Crippen LogP contribution in [0.15, 0.2) is 0 Å². The Morgan fingerprint density at radius 1 is 0.840 bits per heavy atom. The fourth-order valence-corrected chi connectivity index (χ4v) is 3.37. The number of nitrogens with one attached hydrogen (secondary N) is 1. The lowest BCUT2D eigenvalue weighted by molar-refractivity contribution is -0.134. The molecule has 0 rings (SSSR count). The number of thiocarbonyl (C=S) groups is 1. The summed E-state index contributed by atoms with van der Waals surface area (Å²) in [5.74, 6) is -1.15. The van der Waals surface area contributed by atoms with E-state index < -0.39 is 5.97 Å². The molecule has 0 heterocycles. The molecule has 0 aliphatic heterocycles. The fourth-order valence-electron chi connectivity index (χ4n) is 2.64. The molecule has 0 saturated carbocycles. The number of thioether (sulfide) groups is 1. The van der Waals surface area contributed by atoms with E-state index in [-0.39, 0.29) is 16.0 Å². The van der Waals surface area contributed by atoms with Crippen molar-refractivity contribution < 1.29 is 14.7 Å². The highest BCUT2D eigenvalue weighted by atomic mass is 32.2. The third-order valence-electron chi connectivity index (χ3n) is 4.08. The van der Waals surface area contributed by atoms with E-state index in [1.54, 1.807) is 0 Å². The van der Waals surface area contributed by atoms with Crippen molar-refractivity contribution >= 4 is 40.2 Å². The van der Waals surface area contributed by atoms with Gasteiger partial charge in [0.1, 0.15) is 4.32 Å². The normalized spacial score (nSPS) is 10.6. The van der Waals surface area contributed by atoms with E-state index in [1.165, 1.54) is 70.6 Å². The van der Waals surface area contributed by atoms with Crippen LogP contribution in [0.3, 0.4) is 0 Å². The number of hydrogen-bond donors (Lipinski definition) is 2. The van der Waals surface area contributed by atoms with Crippen LogP contribution in [-0.2, 0) is 9.59 Å². The molecule has 0 aliphatic rings. The number of carbonyl (C=O) groups excluding carboxylic acids is 1. The van der Waals surface area contributed by atoms with Crippen molar-refractivity contribution in [2.45, 2.75) is 96.8 Å². The molecule has 4 nitrogen and oxygen atoms in total. The molecule has 1 amide bonds. The van der Waals surface area contributed by atoms with Gasteiger partial charge in [-0.05, 0) is 6.42 Å². The Kier molecular flexibility index (Phi) is 17.7. The lowest BCUT2D eigenvalue weighted by Gasteiger charge is -2.05. The van der Waals surface area contributed by atoms with E-state index in [1.807, 2.05) is 0 Å². The Morgan fingerprint density at radius 3 is 1.72 bits per heavy atom. The molecule has 0 atom stereocenters. The summed E-state index contributed by atoms with van der Waals surface area (Å²) in [6.45, 7) is 2.25. The third-order valence-corrected chi connectivity index (χ3v) is 5.29. The molecule has 0 spiro atoms. The summed E-state index contributed by atoms with van der Waals surface area (Å²) in [5.41, 5.74) is 0. The molecule has 0 fully saturated rings. The maximum Gasteiger partial charge on any atom is 0.313 e. The monoisotopic (exact) mass is 389 g/mol. The molecule has 0 saturated heterocycles. The summed E-state index contributed by atoms with van der Waals surface area (Å²) in [4.78, 5) is 22.0. The van der Waals surface area contributed by atoms with E-state index >= 15 is 0 Å². The summed E-state index contributed by atoms with van der Waals surface area (Å²) >= 11 is 5.89. The van der Waals surface area contributed by atoms with Crippen molar-refractivity contribution in [1.29, 1.82) is 0 Å². The van der Waals surface area contributed by atoms with Crippen LogP contribution in [0.25, 0.3) is 0 Å². The van der Waals surface area contributed by atoms with Gasteiger partial charge in [-0.15, -0.1) is 0 Å². The molecule has 146 valence electrons. The highest BCUT2D eigenvalue weighted by molar-refractivity contribution is 8.23. The first kappa shape index (κ1) is 24.4. The van der Waals surface area contributed by atoms with E-state index in [4.69, 9.17) is 17.3 Å². The van der Waals surface area contributed by atoms with E-state index in [9.17, 15) is 9.59 Å². The van der Waals surface area contributed by atoms with Gasteiger partial charge in [0, 0.05) is 6.42 Å². The Labute approximate surface area is 162 Å². The van der Waals surface area contributed by atoms with Gasteiger partial charge in [0.25, 0.3) is 0 Å². The van der Waals surface area contributed by atoms with Crippen molar-refractivity contribution in [3.05, 3.63) is 0 Å². The molecular formula is C19H35NO3S2. The number of rotatable bonds is 16. The predicted octanol–water partition coefficient (Wildman–Crippen LogP) is 5.69. The predicted molar refractivity (Wildman–Crippen MR) is 111 cm³/mol. The molecule has 0 bridgehead atoms. The Hall–Kier alpha value is -0.620. The second-order valence-electron chi connectivity index (χ2n) is 6.51. The van der Waals surface area contributed by atoms with Crippen molar-refractivity contribution in [3.8, 4) is 0 Å². The SMILES string of the molecule is CCCCCCCCCCCCCCCC(=O)NC(=S)SCC(=O)O. The highest BCUT2D eigenvalue weighted by Crippen LogP contribution is 2.13. The van der Waals surface area contributed by atoms with Gasteiger partial charge in [-0.3, -0.25) is 9.59 Å². The molecule has 0 aromatic carbocycles. The fraction of sp³-hybridized carbons (Fsp3) is 0.842. The van der Waals surface area contributed by atoms with Crippen LogP contribution in [0.1, 0.15) is 96.8 Å². The van der Waals surface area contributed by atoms with Crippen LogP contribution in [-0.4, -0.2) is 27.1 Å². The lowest BCUT2D eigenvalue weighted by Crippen LogP contribution is -2.27. The smallest absolute Gasteiger partial charge is 0.313 e. The number of unbranched alkanes of at least 4 members (excludes halogenated alkanes) is 12. The Bertz CT molecular complexity index is 376. The zero-order chi connectivity index (χ0) is 18.8. The van der Waals surface area contributed by atoms with Crippen LogP contribution in [0.5, 0.6) is 0 Å². The molecule has 6 heteroatoms. The van der Waals surface area contributed by atoms with E-state index in [0.717, 1.165) is 24.6 Å². The number of aliphatic carboxylic acids is 1. The van der Waals surface area contributed by atoms with Crippen molar-refractivity contribution in [3.63, 3.8) is 0 Å². The topological polar surface area (TPSA) is 66.4 Å². The third kappa shape index (κ3) is 19.6. The first-order valence-corrected chi connectivity index (χ1v) is 11.1. The molecule has 2 N–H and O–H groups in total. The standard InChI is InChI=1S/C19H35NO3S2/c1-2-3-4-5-6-7-8-9-10-11-12-13-14-15-17(21)20-19(24)25-16-18(22)23/h2-16H2,1H3,(H,22,23)(H,20,21,24). The molecule has 0 unspecified atom stereocenters. The van der Waals surface area contributed by atoms with Gasteiger partial charge >= 0.3 is 5.97 Å². The molecule has 25 heavy (non-hydrogen) atoms. The zero-order valence-electron chi connectivity index (χ0n) is 15.7. The summed E-state index contributed by atoms with van der Waals surface area (Å²) in [6.07, 6.45) is 17.1.